The summed E-state index contributed by atoms with van der Waals surface area (Å²) in [5.74, 6) is 0.950. The number of nitrogens with zero attached hydrogens (tertiary/aromatic N) is 2. The van der Waals surface area contributed by atoms with E-state index in [2.05, 4.69) is 53.5 Å². The van der Waals surface area contributed by atoms with Crippen molar-refractivity contribution in [1.82, 2.24) is 15.1 Å². The van der Waals surface area contributed by atoms with Gasteiger partial charge in [-0.15, -0.1) is 0 Å². The number of likely N-dealkylation sites (N-methyl/N-ethyl adjacent to an activating group) is 2. The van der Waals surface area contributed by atoms with Crippen molar-refractivity contribution in [3.63, 3.8) is 0 Å². The molecule has 118 valence electrons. The Balaban J connectivity index is 2.01. The van der Waals surface area contributed by atoms with Crippen LogP contribution in [0.5, 0.6) is 5.75 Å². The van der Waals surface area contributed by atoms with Crippen molar-refractivity contribution in [1.29, 1.82) is 0 Å². The van der Waals surface area contributed by atoms with Gasteiger partial charge in [-0.25, -0.2) is 0 Å². The van der Waals surface area contributed by atoms with Crippen LogP contribution in [0.2, 0.25) is 0 Å². The maximum absolute atomic E-state index is 5.52. The minimum absolute atomic E-state index is 0.389. The van der Waals surface area contributed by atoms with Crippen LogP contribution < -0.4 is 10.1 Å². The topological polar surface area (TPSA) is 27.7 Å². The first kappa shape index (κ1) is 16.3. The second-order valence-electron chi connectivity index (χ2n) is 5.98. The zero-order chi connectivity index (χ0) is 15.2. The van der Waals surface area contributed by atoms with E-state index in [0.29, 0.717) is 18.7 Å². The molecule has 0 spiro atoms. The van der Waals surface area contributed by atoms with E-state index in [4.69, 9.17) is 4.74 Å². The van der Waals surface area contributed by atoms with Crippen LogP contribution in [-0.4, -0.2) is 63.2 Å². The molecule has 1 aliphatic rings. The lowest BCUT2D eigenvalue weighted by Gasteiger charge is -2.39. The van der Waals surface area contributed by atoms with Gasteiger partial charge in [-0.3, -0.25) is 0 Å². The highest BCUT2D eigenvalue weighted by atomic mass is 16.5. The SMILES string of the molecule is CCOc1ccc(C(CC2CN(C)CCN2C)NC)cc1. The normalized spacial score (nSPS) is 22.2. The molecule has 2 atom stereocenters. The number of hydrogen-bond donors (Lipinski definition) is 1. The van der Waals surface area contributed by atoms with E-state index >= 15 is 0 Å². The molecule has 0 amide bonds. The third-order valence-electron chi connectivity index (χ3n) is 4.43. The van der Waals surface area contributed by atoms with Crippen molar-refractivity contribution in [3.05, 3.63) is 29.8 Å². The molecule has 1 aliphatic heterocycles. The van der Waals surface area contributed by atoms with Crippen molar-refractivity contribution < 1.29 is 4.74 Å². The maximum Gasteiger partial charge on any atom is 0.119 e. The number of benzene rings is 1. The lowest BCUT2D eigenvalue weighted by atomic mass is 9.97. The Morgan fingerprint density at radius 1 is 1.24 bits per heavy atom. The van der Waals surface area contributed by atoms with Crippen molar-refractivity contribution in [2.24, 2.45) is 0 Å². The number of ether oxygens (including phenoxy) is 1. The summed E-state index contributed by atoms with van der Waals surface area (Å²) in [6, 6.07) is 9.49. The molecule has 0 saturated carbocycles. The molecule has 1 aromatic rings. The first-order valence-corrected chi connectivity index (χ1v) is 7.92. The molecule has 2 rings (SSSR count). The quantitative estimate of drug-likeness (QED) is 0.867. The average Bonchev–Trinajstić information content (AvgIpc) is 2.49. The van der Waals surface area contributed by atoms with E-state index in [0.717, 1.165) is 25.3 Å². The van der Waals surface area contributed by atoms with E-state index in [-0.39, 0.29) is 0 Å². The molecule has 1 fully saturated rings. The maximum atomic E-state index is 5.52. The fourth-order valence-electron chi connectivity index (χ4n) is 3.01. The Bertz CT molecular complexity index is 421. The van der Waals surface area contributed by atoms with E-state index in [1.54, 1.807) is 0 Å². The molecule has 0 aromatic heterocycles. The largest absolute Gasteiger partial charge is 0.494 e. The molecule has 4 nitrogen and oxygen atoms in total. The molecule has 1 saturated heterocycles. The molecule has 1 heterocycles. The lowest BCUT2D eigenvalue weighted by Crippen LogP contribution is -2.50. The molecule has 1 aromatic carbocycles. The first-order chi connectivity index (χ1) is 10.1. The molecule has 0 aliphatic carbocycles. The molecule has 0 bridgehead atoms. The Labute approximate surface area is 129 Å². The summed E-state index contributed by atoms with van der Waals surface area (Å²) in [6.45, 7) is 6.20. The third kappa shape index (κ3) is 4.43. The number of rotatable bonds is 6. The molecular weight excluding hydrogens is 262 g/mol. The average molecular weight is 291 g/mol. The van der Waals surface area contributed by atoms with Crippen LogP contribution in [0, 0.1) is 0 Å². The molecule has 21 heavy (non-hydrogen) atoms. The van der Waals surface area contributed by atoms with Crippen LogP contribution in [-0.2, 0) is 0 Å². The Hall–Kier alpha value is -1.10. The van der Waals surface area contributed by atoms with Crippen LogP contribution in [0.1, 0.15) is 24.9 Å². The summed E-state index contributed by atoms with van der Waals surface area (Å²) in [5.41, 5.74) is 1.34. The minimum Gasteiger partial charge on any atom is -0.494 e. The van der Waals surface area contributed by atoms with Crippen molar-refractivity contribution in [3.8, 4) is 5.75 Å². The van der Waals surface area contributed by atoms with Gasteiger partial charge in [0.1, 0.15) is 5.75 Å². The predicted octanol–water partition coefficient (Wildman–Crippen LogP) is 1.98. The minimum atomic E-state index is 0.389. The van der Waals surface area contributed by atoms with Crippen LogP contribution in [0.4, 0.5) is 0 Å². The number of hydrogen-bond acceptors (Lipinski definition) is 4. The summed E-state index contributed by atoms with van der Waals surface area (Å²) >= 11 is 0. The van der Waals surface area contributed by atoms with Crippen LogP contribution >= 0.6 is 0 Å². The van der Waals surface area contributed by atoms with Gasteiger partial charge in [-0.2, -0.15) is 0 Å². The molecule has 2 unspecified atom stereocenters. The predicted molar refractivity (Wildman–Crippen MR) is 87.9 cm³/mol. The summed E-state index contributed by atoms with van der Waals surface area (Å²) < 4.78 is 5.52. The highest BCUT2D eigenvalue weighted by Crippen LogP contribution is 2.24. The van der Waals surface area contributed by atoms with Gasteiger partial charge >= 0.3 is 0 Å². The summed E-state index contributed by atoms with van der Waals surface area (Å²) in [7, 11) is 6.50. The molecular formula is C17H29N3O. The van der Waals surface area contributed by atoms with E-state index < -0.39 is 0 Å². The van der Waals surface area contributed by atoms with Crippen LogP contribution in [0.25, 0.3) is 0 Å². The summed E-state index contributed by atoms with van der Waals surface area (Å²) in [4.78, 5) is 4.91. The van der Waals surface area contributed by atoms with E-state index in [9.17, 15) is 0 Å². The fourth-order valence-corrected chi connectivity index (χ4v) is 3.01. The van der Waals surface area contributed by atoms with Gasteiger partial charge in [0.05, 0.1) is 6.61 Å². The van der Waals surface area contributed by atoms with Gasteiger partial charge in [-0.1, -0.05) is 12.1 Å². The first-order valence-electron chi connectivity index (χ1n) is 7.92. The van der Waals surface area contributed by atoms with Crippen molar-refractivity contribution in [2.45, 2.75) is 25.4 Å². The van der Waals surface area contributed by atoms with E-state index in [1.165, 1.54) is 12.1 Å². The Morgan fingerprint density at radius 3 is 2.57 bits per heavy atom. The van der Waals surface area contributed by atoms with Gasteiger partial charge in [0.2, 0.25) is 0 Å². The fraction of sp³-hybridized carbons (Fsp3) is 0.647. The second kappa shape index (κ2) is 7.78. The second-order valence-corrected chi connectivity index (χ2v) is 5.98. The summed E-state index contributed by atoms with van der Waals surface area (Å²) in [6.07, 6.45) is 1.13. The summed E-state index contributed by atoms with van der Waals surface area (Å²) in [5, 5.41) is 3.47. The van der Waals surface area contributed by atoms with Gasteiger partial charge in [-0.05, 0) is 52.2 Å². The van der Waals surface area contributed by atoms with Gasteiger partial charge in [0.25, 0.3) is 0 Å². The highest BCUT2D eigenvalue weighted by molar-refractivity contribution is 5.29. The van der Waals surface area contributed by atoms with Crippen LogP contribution in [0.15, 0.2) is 24.3 Å². The van der Waals surface area contributed by atoms with Crippen LogP contribution in [0.3, 0.4) is 0 Å². The van der Waals surface area contributed by atoms with Gasteiger partial charge in [0.15, 0.2) is 0 Å². The highest BCUT2D eigenvalue weighted by Gasteiger charge is 2.25. The van der Waals surface area contributed by atoms with Gasteiger partial charge < -0.3 is 19.9 Å². The smallest absolute Gasteiger partial charge is 0.119 e. The number of piperazine rings is 1. The van der Waals surface area contributed by atoms with Gasteiger partial charge in [0, 0.05) is 31.7 Å². The lowest BCUT2D eigenvalue weighted by molar-refractivity contribution is 0.102. The monoisotopic (exact) mass is 291 g/mol. The Morgan fingerprint density at radius 2 is 1.95 bits per heavy atom. The standard InChI is InChI=1S/C17H29N3O/c1-5-21-16-8-6-14(7-9-16)17(18-2)12-15-13-19(3)10-11-20(15)4/h6-9,15,17-18H,5,10-13H2,1-4H3. The Kier molecular flexibility index (Phi) is 6.03. The number of nitrogens with one attached hydrogen (secondary N) is 1. The molecule has 1 N–H and O–H groups in total. The van der Waals surface area contributed by atoms with Crippen molar-refractivity contribution >= 4 is 0 Å². The van der Waals surface area contributed by atoms with E-state index in [1.807, 2.05) is 14.0 Å². The molecule has 0 radical (unpaired) electrons. The van der Waals surface area contributed by atoms with Crippen molar-refractivity contribution in [2.75, 3.05) is 47.4 Å². The zero-order valence-corrected chi connectivity index (χ0v) is 13.8. The zero-order valence-electron chi connectivity index (χ0n) is 13.8. The third-order valence-corrected chi connectivity index (χ3v) is 4.43. The molecule has 4 heteroatoms.